The van der Waals surface area contributed by atoms with Crippen molar-refractivity contribution in [2.45, 2.75) is 52.0 Å². The Labute approximate surface area is 121 Å². The molecule has 1 N–H and O–H groups in total. The van der Waals surface area contributed by atoms with E-state index in [-0.39, 0.29) is 17.9 Å². The normalized spacial score (nSPS) is 21.1. The average Bonchev–Trinajstić information content (AvgIpc) is 2.47. The van der Waals surface area contributed by atoms with E-state index in [1.54, 1.807) is 0 Å². The predicted octanol–water partition coefficient (Wildman–Crippen LogP) is 1.83. The smallest absolute Gasteiger partial charge is 0.317 e. The molecule has 114 valence electrons. The highest BCUT2D eigenvalue weighted by Gasteiger charge is 2.26. The summed E-state index contributed by atoms with van der Waals surface area (Å²) in [5.74, 6) is 0.231. The van der Waals surface area contributed by atoms with Gasteiger partial charge in [-0.1, -0.05) is 33.1 Å². The number of carbonyl (C=O) groups excluding carboxylic acids is 2. The van der Waals surface area contributed by atoms with Crippen molar-refractivity contribution in [2.24, 2.45) is 5.92 Å². The third kappa shape index (κ3) is 3.87. The van der Waals surface area contributed by atoms with Crippen LogP contribution < -0.4 is 5.32 Å². The summed E-state index contributed by atoms with van der Waals surface area (Å²) in [5, 5.41) is 3.14. The molecule has 1 saturated carbocycles. The van der Waals surface area contributed by atoms with Crippen molar-refractivity contribution in [2.75, 3.05) is 26.2 Å². The third-order valence-electron chi connectivity index (χ3n) is 4.31. The SMILES string of the molecule is CC(C)C(=O)N1CCN(C(=O)NC2CCCCC2)CC1. The van der Waals surface area contributed by atoms with Gasteiger partial charge in [-0.25, -0.2) is 4.79 Å². The number of nitrogens with zero attached hydrogens (tertiary/aromatic N) is 2. The molecule has 1 aliphatic carbocycles. The van der Waals surface area contributed by atoms with Gasteiger partial charge in [-0.2, -0.15) is 0 Å². The molecule has 20 heavy (non-hydrogen) atoms. The van der Waals surface area contributed by atoms with Crippen LogP contribution in [0, 0.1) is 5.92 Å². The number of nitrogens with one attached hydrogen (secondary N) is 1. The first kappa shape index (κ1) is 15.1. The van der Waals surface area contributed by atoms with Crippen LogP contribution in [0.1, 0.15) is 46.0 Å². The van der Waals surface area contributed by atoms with Crippen LogP contribution in [0.15, 0.2) is 0 Å². The number of urea groups is 1. The van der Waals surface area contributed by atoms with Gasteiger partial charge in [-0.05, 0) is 12.8 Å². The van der Waals surface area contributed by atoms with E-state index < -0.39 is 0 Å². The molecule has 0 aromatic rings. The quantitative estimate of drug-likeness (QED) is 0.839. The lowest BCUT2D eigenvalue weighted by Gasteiger charge is -2.36. The van der Waals surface area contributed by atoms with Crippen molar-refractivity contribution >= 4 is 11.9 Å². The van der Waals surface area contributed by atoms with Crippen LogP contribution in [0.2, 0.25) is 0 Å². The van der Waals surface area contributed by atoms with Gasteiger partial charge in [0.25, 0.3) is 0 Å². The van der Waals surface area contributed by atoms with Crippen LogP contribution in [-0.4, -0.2) is 54.0 Å². The van der Waals surface area contributed by atoms with Gasteiger partial charge in [0.15, 0.2) is 0 Å². The van der Waals surface area contributed by atoms with Gasteiger partial charge in [0.05, 0.1) is 0 Å². The van der Waals surface area contributed by atoms with Gasteiger partial charge in [0.1, 0.15) is 0 Å². The Morgan fingerprint density at radius 2 is 1.50 bits per heavy atom. The van der Waals surface area contributed by atoms with Crippen LogP contribution in [0.3, 0.4) is 0 Å². The minimum Gasteiger partial charge on any atom is -0.339 e. The highest BCUT2D eigenvalue weighted by Crippen LogP contribution is 2.17. The summed E-state index contributed by atoms with van der Waals surface area (Å²) in [6.45, 7) is 6.47. The largest absolute Gasteiger partial charge is 0.339 e. The highest BCUT2D eigenvalue weighted by molar-refractivity contribution is 5.79. The zero-order valence-corrected chi connectivity index (χ0v) is 12.7. The maximum atomic E-state index is 12.2. The van der Waals surface area contributed by atoms with E-state index in [9.17, 15) is 9.59 Å². The molecule has 0 unspecified atom stereocenters. The van der Waals surface area contributed by atoms with E-state index in [2.05, 4.69) is 5.32 Å². The Bertz CT molecular complexity index is 343. The second kappa shape index (κ2) is 6.95. The van der Waals surface area contributed by atoms with E-state index >= 15 is 0 Å². The topological polar surface area (TPSA) is 52.7 Å². The monoisotopic (exact) mass is 281 g/mol. The molecule has 1 saturated heterocycles. The molecule has 0 atom stereocenters. The average molecular weight is 281 g/mol. The Morgan fingerprint density at radius 3 is 2.05 bits per heavy atom. The van der Waals surface area contributed by atoms with Crippen molar-refractivity contribution in [1.29, 1.82) is 0 Å². The molecule has 1 aliphatic heterocycles. The lowest BCUT2D eigenvalue weighted by molar-refractivity contribution is -0.135. The number of rotatable bonds is 2. The first-order chi connectivity index (χ1) is 9.58. The molecule has 0 spiro atoms. The van der Waals surface area contributed by atoms with Gasteiger partial charge in [-0.3, -0.25) is 4.79 Å². The Morgan fingerprint density at radius 1 is 0.950 bits per heavy atom. The summed E-state index contributed by atoms with van der Waals surface area (Å²) in [6.07, 6.45) is 5.96. The number of piperazine rings is 1. The van der Waals surface area contributed by atoms with E-state index in [0.29, 0.717) is 32.2 Å². The summed E-state index contributed by atoms with van der Waals surface area (Å²) in [5.41, 5.74) is 0. The fraction of sp³-hybridized carbons (Fsp3) is 0.867. The molecule has 3 amide bonds. The van der Waals surface area contributed by atoms with Crippen LogP contribution in [0.25, 0.3) is 0 Å². The first-order valence-corrected chi connectivity index (χ1v) is 7.92. The third-order valence-corrected chi connectivity index (χ3v) is 4.31. The number of hydrogen-bond donors (Lipinski definition) is 1. The van der Waals surface area contributed by atoms with E-state index in [1.807, 2.05) is 23.6 Å². The minimum atomic E-state index is 0.0395. The maximum absolute atomic E-state index is 12.2. The van der Waals surface area contributed by atoms with E-state index in [0.717, 1.165) is 12.8 Å². The summed E-state index contributed by atoms with van der Waals surface area (Å²) in [6, 6.07) is 0.403. The molecule has 5 heteroatoms. The van der Waals surface area contributed by atoms with Gasteiger partial charge in [-0.15, -0.1) is 0 Å². The van der Waals surface area contributed by atoms with Crippen LogP contribution >= 0.6 is 0 Å². The molecule has 2 rings (SSSR count). The highest BCUT2D eigenvalue weighted by atomic mass is 16.2. The van der Waals surface area contributed by atoms with Crippen molar-refractivity contribution < 1.29 is 9.59 Å². The summed E-state index contributed by atoms with van der Waals surface area (Å²) in [4.78, 5) is 27.8. The van der Waals surface area contributed by atoms with Crippen molar-refractivity contribution in [3.05, 3.63) is 0 Å². The Hall–Kier alpha value is -1.26. The molecular weight excluding hydrogens is 254 g/mol. The fourth-order valence-electron chi connectivity index (χ4n) is 3.01. The summed E-state index contributed by atoms with van der Waals surface area (Å²) >= 11 is 0. The molecule has 2 fully saturated rings. The fourth-order valence-corrected chi connectivity index (χ4v) is 3.01. The second-order valence-electron chi connectivity index (χ2n) is 6.25. The van der Waals surface area contributed by atoms with Gasteiger partial charge in [0, 0.05) is 38.1 Å². The maximum Gasteiger partial charge on any atom is 0.317 e. The summed E-state index contributed by atoms with van der Waals surface area (Å²) < 4.78 is 0. The molecule has 1 heterocycles. The van der Waals surface area contributed by atoms with Crippen LogP contribution in [-0.2, 0) is 4.79 Å². The second-order valence-corrected chi connectivity index (χ2v) is 6.25. The lowest BCUT2D eigenvalue weighted by atomic mass is 9.96. The minimum absolute atomic E-state index is 0.0395. The van der Waals surface area contributed by atoms with Crippen LogP contribution in [0.5, 0.6) is 0 Å². The number of amides is 3. The molecule has 2 aliphatic rings. The van der Waals surface area contributed by atoms with E-state index in [1.165, 1.54) is 19.3 Å². The Balaban J connectivity index is 1.75. The number of carbonyl (C=O) groups is 2. The standard InChI is InChI=1S/C15H27N3O2/c1-12(2)14(19)17-8-10-18(11-9-17)15(20)16-13-6-4-3-5-7-13/h12-13H,3-11H2,1-2H3,(H,16,20). The molecular formula is C15H27N3O2. The van der Waals surface area contributed by atoms with Crippen molar-refractivity contribution in [3.63, 3.8) is 0 Å². The lowest BCUT2D eigenvalue weighted by Crippen LogP contribution is -2.55. The van der Waals surface area contributed by atoms with Crippen LogP contribution in [0.4, 0.5) is 4.79 Å². The molecule has 5 nitrogen and oxygen atoms in total. The zero-order valence-electron chi connectivity index (χ0n) is 12.7. The zero-order chi connectivity index (χ0) is 14.5. The van der Waals surface area contributed by atoms with Gasteiger partial charge >= 0.3 is 6.03 Å². The summed E-state index contributed by atoms with van der Waals surface area (Å²) in [7, 11) is 0. The number of hydrogen-bond acceptors (Lipinski definition) is 2. The van der Waals surface area contributed by atoms with Gasteiger partial charge in [0.2, 0.25) is 5.91 Å². The van der Waals surface area contributed by atoms with Crippen molar-refractivity contribution in [1.82, 2.24) is 15.1 Å². The first-order valence-electron chi connectivity index (χ1n) is 7.92. The predicted molar refractivity (Wildman–Crippen MR) is 78.4 cm³/mol. The van der Waals surface area contributed by atoms with Crippen molar-refractivity contribution in [3.8, 4) is 0 Å². The molecule has 0 bridgehead atoms. The molecule has 0 aromatic heterocycles. The molecule has 0 aromatic carbocycles. The van der Waals surface area contributed by atoms with Gasteiger partial charge < -0.3 is 15.1 Å². The Kier molecular flexibility index (Phi) is 5.26. The van der Waals surface area contributed by atoms with E-state index in [4.69, 9.17) is 0 Å². The molecule has 0 radical (unpaired) electrons.